The molecule has 0 spiro atoms. The third-order valence-electron chi connectivity index (χ3n) is 0.692. The fourth-order valence-corrected chi connectivity index (χ4v) is 0.217. The van der Waals surface area contributed by atoms with Crippen molar-refractivity contribution in [2.45, 2.75) is 6.92 Å². The second-order valence-electron chi connectivity index (χ2n) is 1.62. The van der Waals surface area contributed by atoms with Gasteiger partial charge in [0.2, 0.25) is 0 Å². The molecule has 0 unspecified atom stereocenters. The van der Waals surface area contributed by atoms with Crippen LogP contribution >= 0.6 is 0 Å². The molecule has 0 saturated carbocycles. The lowest BCUT2D eigenvalue weighted by Gasteiger charge is -2.01. The minimum Gasteiger partial charge on any atom is -0.396 e. The Hall–Kier alpha value is -0.120. The van der Waals surface area contributed by atoms with Gasteiger partial charge in [-0.05, 0) is 0 Å². The number of nitrogens with two attached hydrogens (primary N) is 1. The molecule has 7 heavy (non-hydrogen) atoms. The average molecular weight is 105 g/mol. The largest absolute Gasteiger partial charge is 0.396 e. The first-order valence-corrected chi connectivity index (χ1v) is 2.23. The minimum atomic E-state index is 0.136. The van der Waals surface area contributed by atoms with E-state index in [0.29, 0.717) is 6.61 Å². The molecular formula is C4H11NO2. The molecule has 44 valence electrons. The number of hydrogen-bond donors (Lipinski definition) is 2. The summed E-state index contributed by atoms with van der Waals surface area (Å²) in [7, 11) is 0. The lowest BCUT2D eigenvalue weighted by Crippen LogP contribution is -2.12. The SMILES string of the molecule is C[C@@H](CO)CON. The van der Waals surface area contributed by atoms with Gasteiger partial charge in [0.15, 0.2) is 0 Å². The lowest BCUT2D eigenvalue weighted by molar-refractivity contribution is 0.0809. The third-order valence-corrected chi connectivity index (χ3v) is 0.692. The van der Waals surface area contributed by atoms with Crippen LogP contribution in [0.4, 0.5) is 0 Å². The lowest BCUT2D eigenvalue weighted by atomic mass is 10.2. The minimum absolute atomic E-state index is 0.136. The molecule has 0 amide bonds. The molecule has 1 atom stereocenters. The highest BCUT2D eigenvalue weighted by atomic mass is 16.6. The van der Waals surface area contributed by atoms with Crippen molar-refractivity contribution in [2.24, 2.45) is 11.8 Å². The van der Waals surface area contributed by atoms with Crippen LogP contribution in [0.25, 0.3) is 0 Å². The summed E-state index contributed by atoms with van der Waals surface area (Å²) in [6.45, 7) is 2.42. The quantitative estimate of drug-likeness (QED) is 0.476. The van der Waals surface area contributed by atoms with Crippen LogP contribution in [0.1, 0.15) is 6.92 Å². The Morgan fingerprint density at radius 1 is 1.86 bits per heavy atom. The molecule has 0 aromatic carbocycles. The van der Waals surface area contributed by atoms with Gasteiger partial charge in [-0.1, -0.05) is 6.92 Å². The van der Waals surface area contributed by atoms with Gasteiger partial charge >= 0.3 is 0 Å². The van der Waals surface area contributed by atoms with Crippen molar-refractivity contribution in [3.8, 4) is 0 Å². The number of hydrogen-bond acceptors (Lipinski definition) is 3. The summed E-state index contributed by atoms with van der Waals surface area (Å²) in [6.07, 6.45) is 0. The molecule has 0 aliphatic carbocycles. The Bertz CT molecular complexity index is 40.7. The Morgan fingerprint density at radius 2 is 2.43 bits per heavy atom. The standard InChI is InChI=1S/C4H11NO2/c1-4(2-6)3-7-5/h4,6H,2-3,5H2,1H3/t4-/m0/s1. The van der Waals surface area contributed by atoms with E-state index >= 15 is 0 Å². The maximum absolute atomic E-state index is 8.33. The number of rotatable bonds is 3. The smallest absolute Gasteiger partial charge is 0.0726 e. The second kappa shape index (κ2) is 4.05. The predicted molar refractivity (Wildman–Crippen MR) is 26.4 cm³/mol. The molecule has 3 nitrogen and oxygen atoms in total. The van der Waals surface area contributed by atoms with Gasteiger partial charge < -0.3 is 9.94 Å². The van der Waals surface area contributed by atoms with E-state index in [4.69, 9.17) is 11.0 Å². The van der Waals surface area contributed by atoms with Crippen LogP contribution in [-0.4, -0.2) is 18.3 Å². The highest BCUT2D eigenvalue weighted by Crippen LogP contribution is 1.88. The maximum atomic E-state index is 8.33. The van der Waals surface area contributed by atoms with Crippen LogP contribution in [0.2, 0.25) is 0 Å². The summed E-state index contributed by atoms with van der Waals surface area (Å²) in [4.78, 5) is 4.23. The highest BCUT2D eigenvalue weighted by Gasteiger charge is 1.95. The summed E-state index contributed by atoms with van der Waals surface area (Å²) < 4.78 is 0. The zero-order valence-electron chi connectivity index (χ0n) is 4.42. The fourth-order valence-electron chi connectivity index (χ4n) is 0.217. The Labute approximate surface area is 43.0 Å². The van der Waals surface area contributed by atoms with E-state index in [-0.39, 0.29) is 12.5 Å². The van der Waals surface area contributed by atoms with Gasteiger partial charge in [-0.25, -0.2) is 5.90 Å². The molecule has 0 aliphatic heterocycles. The number of aliphatic hydroxyl groups is 1. The predicted octanol–water partition coefficient (Wildman–Crippen LogP) is -0.495. The average Bonchev–Trinajstić information content (AvgIpc) is 1.68. The zero-order chi connectivity index (χ0) is 5.70. The van der Waals surface area contributed by atoms with E-state index in [0.717, 1.165) is 0 Å². The first-order valence-electron chi connectivity index (χ1n) is 2.23. The van der Waals surface area contributed by atoms with E-state index in [2.05, 4.69) is 4.84 Å². The van der Waals surface area contributed by atoms with Crippen LogP contribution in [0.15, 0.2) is 0 Å². The Morgan fingerprint density at radius 3 is 2.57 bits per heavy atom. The maximum Gasteiger partial charge on any atom is 0.0726 e. The van der Waals surface area contributed by atoms with Gasteiger partial charge in [0.1, 0.15) is 0 Å². The summed E-state index contributed by atoms with van der Waals surface area (Å²) in [5, 5.41) is 8.33. The topological polar surface area (TPSA) is 55.5 Å². The van der Waals surface area contributed by atoms with Gasteiger partial charge in [0.25, 0.3) is 0 Å². The normalized spacial score (nSPS) is 14.1. The molecule has 0 bridgehead atoms. The molecule has 0 rings (SSSR count). The summed E-state index contributed by atoms with van der Waals surface area (Å²) in [5.41, 5.74) is 0. The van der Waals surface area contributed by atoms with E-state index < -0.39 is 0 Å². The van der Waals surface area contributed by atoms with E-state index in [1.807, 2.05) is 6.92 Å². The van der Waals surface area contributed by atoms with Crippen LogP contribution in [0.3, 0.4) is 0 Å². The first-order chi connectivity index (χ1) is 3.31. The zero-order valence-corrected chi connectivity index (χ0v) is 4.42. The van der Waals surface area contributed by atoms with Crippen LogP contribution in [0, 0.1) is 5.92 Å². The first kappa shape index (κ1) is 6.88. The van der Waals surface area contributed by atoms with Gasteiger partial charge in [0.05, 0.1) is 6.61 Å². The molecule has 0 aromatic rings. The van der Waals surface area contributed by atoms with Crippen LogP contribution < -0.4 is 5.90 Å². The third kappa shape index (κ3) is 3.72. The van der Waals surface area contributed by atoms with Gasteiger partial charge in [-0.3, -0.25) is 0 Å². The van der Waals surface area contributed by atoms with Crippen molar-refractivity contribution >= 4 is 0 Å². The summed E-state index contributed by atoms with van der Waals surface area (Å²) >= 11 is 0. The van der Waals surface area contributed by atoms with Crippen LogP contribution in [0.5, 0.6) is 0 Å². The highest BCUT2D eigenvalue weighted by molar-refractivity contribution is 4.43. The van der Waals surface area contributed by atoms with Crippen LogP contribution in [-0.2, 0) is 4.84 Å². The molecule has 3 N–H and O–H groups in total. The van der Waals surface area contributed by atoms with Gasteiger partial charge in [-0.2, -0.15) is 0 Å². The molecule has 0 fully saturated rings. The van der Waals surface area contributed by atoms with Crippen molar-refractivity contribution in [3.63, 3.8) is 0 Å². The van der Waals surface area contributed by atoms with Crippen molar-refractivity contribution in [2.75, 3.05) is 13.2 Å². The summed E-state index contributed by atoms with van der Waals surface area (Å²) in [6, 6.07) is 0. The van der Waals surface area contributed by atoms with Gasteiger partial charge in [-0.15, -0.1) is 0 Å². The number of aliphatic hydroxyl groups excluding tert-OH is 1. The molecule has 0 radical (unpaired) electrons. The molecular weight excluding hydrogens is 94.0 g/mol. The molecule has 0 saturated heterocycles. The molecule has 0 heterocycles. The Balaban J connectivity index is 2.83. The molecule has 0 aromatic heterocycles. The van der Waals surface area contributed by atoms with E-state index in [9.17, 15) is 0 Å². The molecule has 0 aliphatic rings. The van der Waals surface area contributed by atoms with E-state index in [1.54, 1.807) is 0 Å². The van der Waals surface area contributed by atoms with Crippen molar-refractivity contribution < 1.29 is 9.94 Å². The monoisotopic (exact) mass is 105 g/mol. The second-order valence-corrected chi connectivity index (χ2v) is 1.62. The Kier molecular flexibility index (Phi) is 3.98. The molecule has 3 heteroatoms. The van der Waals surface area contributed by atoms with Crippen molar-refractivity contribution in [1.82, 2.24) is 0 Å². The van der Waals surface area contributed by atoms with Gasteiger partial charge in [0, 0.05) is 12.5 Å². The summed E-state index contributed by atoms with van der Waals surface area (Å²) in [5.74, 6) is 4.85. The van der Waals surface area contributed by atoms with E-state index in [1.165, 1.54) is 0 Å². The fraction of sp³-hybridized carbons (Fsp3) is 1.00. The van der Waals surface area contributed by atoms with Crippen molar-refractivity contribution in [1.29, 1.82) is 0 Å². The van der Waals surface area contributed by atoms with Crippen molar-refractivity contribution in [3.05, 3.63) is 0 Å².